The molecule has 4 rings (SSSR count). The molecule has 2 fully saturated rings. The molecule has 5 nitrogen and oxygen atoms in total. The number of hydrogen-bond acceptors (Lipinski definition) is 3. The summed E-state index contributed by atoms with van der Waals surface area (Å²) in [6.45, 7) is 6.96. The highest BCUT2D eigenvalue weighted by Gasteiger charge is 2.39. The van der Waals surface area contributed by atoms with Gasteiger partial charge in [-0.15, -0.1) is 24.0 Å². The minimum atomic E-state index is 0. The molecular formula is C23H31ClIN5. The van der Waals surface area contributed by atoms with Crippen LogP contribution in [-0.2, 0) is 0 Å². The number of aryl methyl sites for hydroxylation is 1. The van der Waals surface area contributed by atoms with Crippen LogP contribution >= 0.6 is 35.6 Å². The van der Waals surface area contributed by atoms with E-state index in [2.05, 4.69) is 63.6 Å². The summed E-state index contributed by atoms with van der Waals surface area (Å²) in [4.78, 5) is 11.6. The maximum Gasteiger partial charge on any atom is 0.191 e. The van der Waals surface area contributed by atoms with Gasteiger partial charge < -0.3 is 15.5 Å². The third kappa shape index (κ3) is 6.00. The second-order valence-corrected chi connectivity index (χ2v) is 8.51. The molecule has 2 N–H and O–H groups in total. The van der Waals surface area contributed by atoms with Gasteiger partial charge in [-0.25, -0.2) is 4.98 Å². The van der Waals surface area contributed by atoms with Gasteiger partial charge in [-0.2, -0.15) is 0 Å². The molecule has 0 radical (unpaired) electrons. The summed E-state index contributed by atoms with van der Waals surface area (Å²) in [6.07, 6.45) is 5.24. The molecule has 30 heavy (non-hydrogen) atoms. The first-order valence-electron chi connectivity index (χ1n) is 10.6. The largest absolute Gasteiger partial charge is 0.356 e. The van der Waals surface area contributed by atoms with Crippen molar-refractivity contribution in [2.45, 2.75) is 51.1 Å². The molecule has 1 aliphatic heterocycles. The molecule has 1 aliphatic carbocycles. The van der Waals surface area contributed by atoms with Crippen molar-refractivity contribution in [1.29, 1.82) is 0 Å². The van der Waals surface area contributed by atoms with E-state index in [1.807, 2.05) is 18.3 Å². The van der Waals surface area contributed by atoms with Crippen LogP contribution in [0.3, 0.4) is 0 Å². The van der Waals surface area contributed by atoms with Gasteiger partial charge in [-0.1, -0.05) is 29.8 Å². The van der Waals surface area contributed by atoms with E-state index in [4.69, 9.17) is 11.6 Å². The van der Waals surface area contributed by atoms with E-state index in [1.165, 1.54) is 11.1 Å². The highest BCUT2D eigenvalue weighted by Crippen LogP contribution is 2.41. The molecule has 2 aliphatic rings. The second-order valence-electron chi connectivity index (χ2n) is 8.07. The Bertz CT molecular complexity index is 849. The van der Waals surface area contributed by atoms with Gasteiger partial charge >= 0.3 is 0 Å². The lowest BCUT2D eigenvalue weighted by molar-refractivity contribution is 0.459. The van der Waals surface area contributed by atoms with E-state index in [1.54, 1.807) is 0 Å². The number of anilines is 1. The zero-order chi connectivity index (χ0) is 20.2. The number of rotatable bonds is 5. The van der Waals surface area contributed by atoms with Gasteiger partial charge in [0.2, 0.25) is 0 Å². The molecule has 0 bridgehead atoms. The van der Waals surface area contributed by atoms with Gasteiger partial charge in [0.05, 0.1) is 0 Å². The molecular weight excluding hydrogens is 509 g/mol. The van der Waals surface area contributed by atoms with Gasteiger partial charge in [0, 0.05) is 48.9 Å². The Hall–Kier alpha value is -1.54. The maximum atomic E-state index is 6.15. The van der Waals surface area contributed by atoms with Crippen molar-refractivity contribution in [2.75, 3.05) is 24.5 Å². The van der Waals surface area contributed by atoms with Crippen LogP contribution in [0, 0.1) is 6.92 Å². The summed E-state index contributed by atoms with van der Waals surface area (Å²) >= 11 is 6.15. The minimum Gasteiger partial charge on any atom is -0.356 e. The molecule has 1 saturated carbocycles. The van der Waals surface area contributed by atoms with E-state index < -0.39 is 0 Å². The molecule has 7 heteroatoms. The number of nitrogens with one attached hydrogen (secondary N) is 2. The number of halogens is 2. The van der Waals surface area contributed by atoms with Crippen molar-refractivity contribution < 1.29 is 0 Å². The van der Waals surface area contributed by atoms with Gasteiger partial charge in [0.15, 0.2) is 5.96 Å². The second kappa shape index (κ2) is 10.7. The predicted octanol–water partition coefficient (Wildman–Crippen LogP) is 4.74. The first-order valence-corrected chi connectivity index (χ1v) is 11.0. The standard InChI is InChI=1S/C23H30ClN5.HI/c1-3-25-23(28-21-14-20(21)17-5-4-6-18(24)13-17)27-19-9-11-29(12-10-19)22-8-7-16(2)15-26-22;/h4-8,13,15,19-21H,3,9-12,14H2,1-2H3,(H2,25,27,28);1H. The Labute approximate surface area is 201 Å². The van der Waals surface area contributed by atoms with Gasteiger partial charge in [-0.05, 0) is 62.4 Å². The van der Waals surface area contributed by atoms with Crippen LogP contribution in [0.5, 0.6) is 0 Å². The summed E-state index contributed by atoms with van der Waals surface area (Å²) in [5.41, 5.74) is 2.51. The van der Waals surface area contributed by atoms with Crippen LogP contribution in [0.25, 0.3) is 0 Å². The summed E-state index contributed by atoms with van der Waals surface area (Å²) in [5, 5.41) is 8.09. The number of aliphatic imine (C=N–C) groups is 1. The highest BCUT2D eigenvalue weighted by atomic mass is 127. The third-order valence-corrected chi connectivity index (χ3v) is 6.00. The van der Waals surface area contributed by atoms with Crippen LogP contribution in [0.1, 0.15) is 43.2 Å². The Kier molecular flexibility index (Phi) is 8.22. The molecule has 0 spiro atoms. The smallest absolute Gasteiger partial charge is 0.191 e. The van der Waals surface area contributed by atoms with E-state index in [9.17, 15) is 0 Å². The first kappa shape index (κ1) is 23.1. The van der Waals surface area contributed by atoms with Crippen molar-refractivity contribution in [1.82, 2.24) is 15.6 Å². The van der Waals surface area contributed by atoms with Crippen LogP contribution in [0.4, 0.5) is 5.82 Å². The average molecular weight is 540 g/mol. The number of benzene rings is 1. The fraction of sp³-hybridized carbons (Fsp3) is 0.478. The van der Waals surface area contributed by atoms with E-state index in [0.29, 0.717) is 18.0 Å². The van der Waals surface area contributed by atoms with Crippen LogP contribution in [-0.4, -0.2) is 42.7 Å². The third-order valence-electron chi connectivity index (χ3n) is 5.76. The fourth-order valence-electron chi connectivity index (χ4n) is 4.02. The fourth-order valence-corrected chi connectivity index (χ4v) is 4.22. The molecule has 2 atom stereocenters. The lowest BCUT2D eigenvalue weighted by Crippen LogP contribution is -2.49. The quantitative estimate of drug-likeness (QED) is 0.327. The Morgan fingerprint density at radius 1 is 1.20 bits per heavy atom. The lowest BCUT2D eigenvalue weighted by atomic mass is 10.1. The van der Waals surface area contributed by atoms with Crippen LogP contribution < -0.4 is 15.5 Å². The first-order chi connectivity index (χ1) is 14.1. The van der Waals surface area contributed by atoms with Crippen LogP contribution in [0.2, 0.25) is 5.02 Å². The van der Waals surface area contributed by atoms with Crippen molar-refractivity contribution in [3.05, 3.63) is 58.7 Å². The summed E-state index contributed by atoms with van der Waals surface area (Å²) in [6, 6.07) is 13.3. The summed E-state index contributed by atoms with van der Waals surface area (Å²) in [5.74, 6) is 2.54. The van der Waals surface area contributed by atoms with Crippen LogP contribution in [0.15, 0.2) is 47.6 Å². The molecule has 2 aromatic rings. The molecule has 1 saturated heterocycles. The van der Waals surface area contributed by atoms with Crippen molar-refractivity contribution >= 4 is 47.4 Å². The molecule has 2 heterocycles. The Balaban J connectivity index is 0.00000256. The average Bonchev–Trinajstić information content (AvgIpc) is 3.49. The van der Waals surface area contributed by atoms with Gasteiger partial charge in [0.25, 0.3) is 0 Å². The topological polar surface area (TPSA) is 52.6 Å². The number of aromatic nitrogens is 1. The zero-order valence-corrected chi connectivity index (χ0v) is 20.7. The SMILES string of the molecule is CCN=C(NC1CCN(c2ccc(C)cn2)CC1)NC1CC1c1cccc(Cl)c1.I. The number of guanidine groups is 1. The molecule has 1 aromatic carbocycles. The Morgan fingerprint density at radius 3 is 2.67 bits per heavy atom. The van der Waals surface area contributed by atoms with E-state index in [-0.39, 0.29) is 24.0 Å². The maximum absolute atomic E-state index is 6.15. The monoisotopic (exact) mass is 539 g/mol. The van der Waals surface area contributed by atoms with E-state index >= 15 is 0 Å². The molecule has 0 amide bonds. The van der Waals surface area contributed by atoms with E-state index in [0.717, 1.165) is 55.7 Å². The number of hydrogen-bond donors (Lipinski definition) is 2. The summed E-state index contributed by atoms with van der Waals surface area (Å²) in [7, 11) is 0. The van der Waals surface area contributed by atoms with Crippen molar-refractivity contribution in [3.8, 4) is 0 Å². The number of pyridine rings is 1. The van der Waals surface area contributed by atoms with Gasteiger partial charge in [0.1, 0.15) is 5.82 Å². The van der Waals surface area contributed by atoms with Crippen molar-refractivity contribution in [3.63, 3.8) is 0 Å². The molecule has 162 valence electrons. The zero-order valence-electron chi connectivity index (χ0n) is 17.6. The number of nitrogens with zero attached hydrogens (tertiary/aromatic N) is 3. The normalized spacial score (nSPS) is 21.7. The van der Waals surface area contributed by atoms with Crippen molar-refractivity contribution in [2.24, 2.45) is 4.99 Å². The molecule has 2 unspecified atom stereocenters. The Morgan fingerprint density at radius 2 is 2.00 bits per heavy atom. The van der Waals surface area contributed by atoms with Gasteiger partial charge in [-0.3, -0.25) is 4.99 Å². The minimum absolute atomic E-state index is 0. The molecule has 1 aromatic heterocycles. The lowest BCUT2D eigenvalue weighted by Gasteiger charge is -2.34. The number of piperidine rings is 1. The predicted molar refractivity (Wildman–Crippen MR) is 136 cm³/mol. The highest BCUT2D eigenvalue weighted by molar-refractivity contribution is 14.0. The summed E-state index contributed by atoms with van der Waals surface area (Å²) < 4.78 is 0.